The summed E-state index contributed by atoms with van der Waals surface area (Å²) < 4.78 is 10.7. The number of nitrogens with zero attached hydrogens (tertiary/aromatic N) is 1. The summed E-state index contributed by atoms with van der Waals surface area (Å²) >= 11 is 1.43. The Morgan fingerprint density at radius 1 is 1.39 bits per heavy atom. The third-order valence-electron chi connectivity index (χ3n) is 3.96. The van der Waals surface area contributed by atoms with Crippen molar-refractivity contribution < 1.29 is 14.3 Å². The van der Waals surface area contributed by atoms with Gasteiger partial charge in [-0.15, -0.1) is 11.3 Å². The predicted molar refractivity (Wildman–Crippen MR) is 91.0 cm³/mol. The van der Waals surface area contributed by atoms with Crippen LogP contribution in [0.2, 0.25) is 0 Å². The standard InChI is InChI=1S/C17H20N2O3S/c1-11-3-4-15(21-2)13(9-11)14-10-23-17(18-14)19-16(20)12-5-7-22-8-6-12/h3-4,9-10,12H,5-8H2,1-2H3,(H,18,19,20). The van der Waals surface area contributed by atoms with Crippen LogP contribution in [0, 0.1) is 12.8 Å². The molecule has 1 saturated heterocycles. The van der Waals surface area contributed by atoms with Gasteiger partial charge in [-0.3, -0.25) is 4.79 Å². The highest BCUT2D eigenvalue weighted by Crippen LogP contribution is 2.33. The fourth-order valence-corrected chi connectivity index (χ4v) is 3.36. The Balaban J connectivity index is 1.75. The molecule has 0 bridgehead atoms. The van der Waals surface area contributed by atoms with Gasteiger partial charge < -0.3 is 14.8 Å². The lowest BCUT2D eigenvalue weighted by Gasteiger charge is -2.20. The molecule has 2 aromatic rings. The fourth-order valence-electron chi connectivity index (χ4n) is 2.64. The third kappa shape index (κ3) is 3.71. The van der Waals surface area contributed by atoms with E-state index in [-0.39, 0.29) is 11.8 Å². The largest absolute Gasteiger partial charge is 0.496 e. The number of nitrogens with one attached hydrogen (secondary N) is 1. The van der Waals surface area contributed by atoms with E-state index in [0.717, 1.165) is 35.4 Å². The molecule has 1 aliphatic heterocycles. The maximum absolute atomic E-state index is 12.3. The summed E-state index contributed by atoms with van der Waals surface area (Å²) in [6.07, 6.45) is 1.55. The first-order valence-electron chi connectivity index (χ1n) is 7.66. The van der Waals surface area contributed by atoms with Gasteiger partial charge in [0.1, 0.15) is 5.75 Å². The van der Waals surface area contributed by atoms with E-state index in [0.29, 0.717) is 18.3 Å². The first-order valence-corrected chi connectivity index (χ1v) is 8.54. The van der Waals surface area contributed by atoms with Gasteiger partial charge >= 0.3 is 0 Å². The van der Waals surface area contributed by atoms with Gasteiger partial charge in [0.2, 0.25) is 5.91 Å². The molecule has 23 heavy (non-hydrogen) atoms. The van der Waals surface area contributed by atoms with E-state index >= 15 is 0 Å². The van der Waals surface area contributed by atoms with Crippen molar-refractivity contribution in [3.63, 3.8) is 0 Å². The minimum atomic E-state index is 0.0182. The van der Waals surface area contributed by atoms with E-state index in [1.165, 1.54) is 11.3 Å². The molecule has 2 heterocycles. The van der Waals surface area contributed by atoms with Crippen LogP contribution in [-0.2, 0) is 9.53 Å². The molecule has 0 radical (unpaired) electrons. The number of methoxy groups -OCH3 is 1. The Morgan fingerprint density at radius 2 is 2.17 bits per heavy atom. The van der Waals surface area contributed by atoms with Gasteiger partial charge in [-0.2, -0.15) is 0 Å². The van der Waals surface area contributed by atoms with E-state index in [4.69, 9.17) is 9.47 Å². The molecule has 0 unspecified atom stereocenters. The van der Waals surface area contributed by atoms with E-state index in [2.05, 4.69) is 10.3 Å². The minimum absolute atomic E-state index is 0.0182. The van der Waals surface area contributed by atoms with Gasteiger partial charge in [0.05, 0.1) is 12.8 Å². The highest BCUT2D eigenvalue weighted by atomic mass is 32.1. The summed E-state index contributed by atoms with van der Waals surface area (Å²) in [6, 6.07) is 5.98. The molecule has 0 atom stereocenters. The second-order valence-corrected chi connectivity index (χ2v) is 6.48. The second-order valence-electron chi connectivity index (χ2n) is 5.62. The zero-order chi connectivity index (χ0) is 16.2. The lowest BCUT2D eigenvalue weighted by atomic mass is 10.00. The van der Waals surface area contributed by atoms with Crippen LogP contribution in [-0.4, -0.2) is 31.2 Å². The molecule has 1 aromatic carbocycles. The van der Waals surface area contributed by atoms with Crippen LogP contribution in [0.1, 0.15) is 18.4 Å². The number of rotatable bonds is 4. The van der Waals surface area contributed by atoms with E-state index < -0.39 is 0 Å². The predicted octanol–water partition coefficient (Wildman–Crippen LogP) is 3.49. The van der Waals surface area contributed by atoms with Crippen molar-refractivity contribution in [2.45, 2.75) is 19.8 Å². The Labute approximate surface area is 139 Å². The first-order chi connectivity index (χ1) is 11.2. The normalized spacial score (nSPS) is 15.4. The summed E-state index contributed by atoms with van der Waals surface area (Å²) in [4.78, 5) is 16.8. The Hall–Kier alpha value is -1.92. The van der Waals surface area contributed by atoms with E-state index in [9.17, 15) is 4.79 Å². The molecule has 1 fully saturated rings. The second kappa shape index (κ2) is 7.10. The molecule has 5 nitrogen and oxygen atoms in total. The number of thiazole rings is 1. The number of aryl methyl sites for hydroxylation is 1. The van der Waals surface area contributed by atoms with Crippen LogP contribution in [0.15, 0.2) is 23.6 Å². The topological polar surface area (TPSA) is 60.5 Å². The number of anilines is 1. The molecular formula is C17H20N2O3S. The van der Waals surface area contributed by atoms with Crippen molar-refractivity contribution in [3.05, 3.63) is 29.1 Å². The maximum Gasteiger partial charge on any atom is 0.229 e. The average Bonchev–Trinajstić information content (AvgIpc) is 3.04. The molecule has 122 valence electrons. The average molecular weight is 332 g/mol. The zero-order valence-electron chi connectivity index (χ0n) is 13.3. The van der Waals surface area contributed by atoms with Crippen molar-refractivity contribution in [2.24, 2.45) is 5.92 Å². The lowest BCUT2D eigenvalue weighted by Crippen LogP contribution is -2.28. The smallest absolute Gasteiger partial charge is 0.229 e. The number of carbonyl (C=O) groups is 1. The van der Waals surface area contributed by atoms with Crippen LogP contribution in [0.5, 0.6) is 5.75 Å². The molecule has 1 amide bonds. The quantitative estimate of drug-likeness (QED) is 0.931. The van der Waals surface area contributed by atoms with E-state index in [1.807, 2.05) is 30.5 Å². The van der Waals surface area contributed by atoms with Crippen molar-refractivity contribution in [2.75, 3.05) is 25.6 Å². The molecule has 0 aliphatic carbocycles. The van der Waals surface area contributed by atoms with Crippen molar-refractivity contribution in [3.8, 4) is 17.0 Å². The molecule has 0 spiro atoms. The Kier molecular flexibility index (Phi) is 4.93. The number of hydrogen-bond acceptors (Lipinski definition) is 5. The summed E-state index contributed by atoms with van der Waals surface area (Å²) in [5.74, 6) is 0.832. The summed E-state index contributed by atoms with van der Waals surface area (Å²) in [5, 5.41) is 5.49. The third-order valence-corrected chi connectivity index (χ3v) is 4.72. The molecule has 1 aromatic heterocycles. The number of hydrogen-bond donors (Lipinski definition) is 1. The van der Waals surface area contributed by atoms with Gasteiger partial charge in [-0.05, 0) is 31.9 Å². The monoisotopic (exact) mass is 332 g/mol. The summed E-state index contributed by atoms with van der Waals surface area (Å²) in [7, 11) is 1.65. The Morgan fingerprint density at radius 3 is 2.91 bits per heavy atom. The minimum Gasteiger partial charge on any atom is -0.496 e. The zero-order valence-corrected chi connectivity index (χ0v) is 14.1. The lowest BCUT2D eigenvalue weighted by molar-refractivity contribution is -0.122. The highest BCUT2D eigenvalue weighted by Gasteiger charge is 2.22. The number of carbonyl (C=O) groups excluding carboxylic acids is 1. The molecule has 3 rings (SSSR count). The van der Waals surface area contributed by atoms with Gasteiger partial charge in [0, 0.05) is 30.1 Å². The van der Waals surface area contributed by atoms with Gasteiger partial charge in [-0.1, -0.05) is 11.6 Å². The van der Waals surface area contributed by atoms with Crippen LogP contribution in [0.25, 0.3) is 11.3 Å². The van der Waals surface area contributed by atoms with Gasteiger partial charge in [-0.25, -0.2) is 4.98 Å². The van der Waals surface area contributed by atoms with Crippen LogP contribution < -0.4 is 10.1 Å². The SMILES string of the molecule is COc1ccc(C)cc1-c1csc(NC(=O)C2CCOCC2)n1. The van der Waals surface area contributed by atoms with Crippen LogP contribution in [0.4, 0.5) is 5.13 Å². The fraction of sp³-hybridized carbons (Fsp3) is 0.412. The molecule has 6 heteroatoms. The molecule has 0 saturated carbocycles. The van der Waals surface area contributed by atoms with Crippen LogP contribution in [0.3, 0.4) is 0 Å². The summed E-state index contributed by atoms with van der Waals surface area (Å²) in [5.41, 5.74) is 2.90. The maximum atomic E-state index is 12.3. The van der Waals surface area contributed by atoms with E-state index in [1.54, 1.807) is 7.11 Å². The van der Waals surface area contributed by atoms with Gasteiger partial charge in [0.15, 0.2) is 5.13 Å². The molecular weight excluding hydrogens is 312 g/mol. The summed E-state index contributed by atoms with van der Waals surface area (Å²) in [6.45, 7) is 3.34. The number of ether oxygens (including phenoxy) is 2. The van der Waals surface area contributed by atoms with Crippen molar-refractivity contribution in [1.82, 2.24) is 4.98 Å². The first kappa shape index (κ1) is 16.0. The number of amides is 1. The molecule has 1 N–H and O–H groups in total. The molecule has 1 aliphatic rings. The van der Waals surface area contributed by atoms with Crippen LogP contribution >= 0.6 is 11.3 Å². The Bertz CT molecular complexity index is 693. The number of aromatic nitrogens is 1. The number of benzene rings is 1. The highest BCUT2D eigenvalue weighted by molar-refractivity contribution is 7.14. The van der Waals surface area contributed by atoms with Gasteiger partial charge in [0.25, 0.3) is 0 Å². The van der Waals surface area contributed by atoms with Crippen molar-refractivity contribution in [1.29, 1.82) is 0 Å². The van der Waals surface area contributed by atoms with Crippen molar-refractivity contribution >= 4 is 22.4 Å².